The number of nitrogens with one attached hydrogen (secondary N) is 1. The SMILES string of the molecule is CCc1nc(NCC(C)(C)OC)c2ccsc2n1. The minimum atomic E-state index is -0.209. The monoisotopic (exact) mass is 265 g/mol. The Morgan fingerprint density at radius 2 is 2.17 bits per heavy atom. The van der Waals surface area contributed by atoms with E-state index < -0.39 is 0 Å². The van der Waals surface area contributed by atoms with Crippen LogP contribution in [-0.4, -0.2) is 29.2 Å². The van der Waals surface area contributed by atoms with Crippen LogP contribution < -0.4 is 5.32 Å². The minimum absolute atomic E-state index is 0.209. The van der Waals surface area contributed by atoms with Crippen molar-refractivity contribution in [3.63, 3.8) is 0 Å². The average molecular weight is 265 g/mol. The Kier molecular flexibility index (Phi) is 3.82. The standard InChI is InChI=1S/C13H19N3OS/c1-5-10-15-11(14-8-13(2,3)17-4)9-6-7-18-12(9)16-10/h6-7H,5,8H2,1-4H3,(H,14,15,16). The van der Waals surface area contributed by atoms with E-state index in [1.54, 1.807) is 18.4 Å². The molecule has 0 fully saturated rings. The molecule has 5 heteroatoms. The van der Waals surface area contributed by atoms with Gasteiger partial charge in [0, 0.05) is 20.1 Å². The molecular weight excluding hydrogens is 246 g/mol. The Labute approximate surface area is 111 Å². The van der Waals surface area contributed by atoms with Gasteiger partial charge >= 0.3 is 0 Å². The van der Waals surface area contributed by atoms with Gasteiger partial charge in [-0.1, -0.05) is 6.92 Å². The van der Waals surface area contributed by atoms with Crippen molar-refractivity contribution in [2.75, 3.05) is 19.0 Å². The van der Waals surface area contributed by atoms with E-state index in [0.29, 0.717) is 6.54 Å². The summed E-state index contributed by atoms with van der Waals surface area (Å²) in [6.07, 6.45) is 0.843. The van der Waals surface area contributed by atoms with Gasteiger partial charge in [0.1, 0.15) is 16.5 Å². The summed E-state index contributed by atoms with van der Waals surface area (Å²) >= 11 is 1.65. The van der Waals surface area contributed by atoms with Crippen LogP contribution in [0.4, 0.5) is 5.82 Å². The molecule has 2 aromatic heterocycles. The van der Waals surface area contributed by atoms with E-state index in [0.717, 1.165) is 28.3 Å². The third-order valence-corrected chi connectivity index (χ3v) is 3.73. The number of hydrogen-bond acceptors (Lipinski definition) is 5. The molecule has 0 aliphatic rings. The maximum atomic E-state index is 5.41. The second-order valence-electron chi connectivity index (χ2n) is 4.80. The van der Waals surface area contributed by atoms with E-state index in [1.807, 2.05) is 19.2 Å². The Morgan fingerprint density at radius 1 is 1.39 bits per heavy atom. The molecule has 98 valence electrons. The highest BCUT2D eigenvalue weighted by Crippen LogP contribution is 2.25. The van der Waals surface area contributed by atoms with E-state index in [9.17, 15) is 0 Å². The predicted molar refractivity (Wildman–Crippen MR) is 76.4 cm³/mol. The molecule has 0 unspecified atom stereocenters. The first-order chi connectivity index (χ1) is 8.55. The number of fused-ring (bicyclic) bond motifs is 1. The maximum Gasteiger partial charge on any atom is 0.138 e. The van der Waals surface area contributed by atoms with Crippen LogP contribution in [0.2, 0.25) is 0 Å². The van der Waals surface area contributed by atoms with Crippen LogP contribution in [0.25, 0.3) is 10.2 Å². The van der Waals surface area contributed by atoms with Crippen molar-refractivity contribution >= 4 is 27.4 Å². The van der Waals surface area contributed by atoms with Gasteiger partial charge in [0.05, 0.1) is 11.0 Å². The predicted octanol–water partition coefficient (Wildman–Crippen LogP) is 3.09. The number of methoxy groups -OCH3 is 1. The van der Waals surface area contributed by atoms with E-state index in [1.165, 1.54) is 0 Å². The first-order valence-corrected chi connectivity index (χ1v) is 6.97. The highest BCUT2D eigenvalue weighted by Gasteiger charge is 2.17. The second-order valence-corrected chi connectivity index (χ2v) is 5.69. The number of rotatable bonds is 5. The van der Waals surface area contributed by atoms with Gasteiger partial charge < -0.3 is 10.1 Å². The molecule has 0 saturated heterocycles. The Morgan fingerprint density at radius 3 is 2.83 bits per heavy atom. The zero-order chi connectivity index (χ0) is 13.2. The van der Waals surface area contributed by atoms with E-state index >= 15 is 0 Å². The van der Waals surface area contributed by atoms with Gasteiger partial charge in [-0.05, 0) is 25.3 Å². The summed E-state index contributed by atoms with van der Waals surface area (Å²) < 4.78 is 5.41. The molecule has 2 aromatic rings. The summed E-state index contributed by atoms with van der Waals surface area (Å²) in [6, 6.07) is 2.06. The van der Waals surface area contributed by atoms with E-state index in [2.05, 4.69) is 28.3 Å². The fourth-order valence-electron chi connectivity index (χ4n) is 1.56. The van der Waals surface area contributed by atoms with Gasteiger partial charge in [0.2, 0.25) is 0 Å². The minimum Gasteiger partial charge on any atom is -0.377 e. The molecule has 0 amide bonds. The molecule has 0 aliphatic heterocycles. The summed E-state index contributed by atoms with van der Waals surface area (Å²) in [5, 5.41) is 6.50. The van der Waals surface area contributed by atoms with Crippen LogP contribution in [0, 0.1) is 0 Å². The number of thiophene rings is 1. The van der Waals surface area contributed by atoms with Crippen molar-refractivity contribution in [3.8, 4) is 0 Å². The van der Waals surface area contributed by atoms with Gasteiger partial charge in [-0.2, -0.15) is 0 Å². The number of anilines is 1. The van der Waals surface area contributed by atoms with Crippen molar-refractivity contribution in [2.45, 2.75) is 32.8 Å². The molecule has 0 atom stereocenters. The number of hydrogen-bond donors (Lipinski definition) is 1. The van der Waals surface area contributed by atoms with E-state index in [4.69, 9.17) is 4.74 Å². The highest BCUT2D eigenvalue weighted by molar-refractivity contribution is 7.16. The highest BCUT2D eigenvalue weighted by atomic mass is 32.1. The topological polar surface area (TPSA) is 47.0 Å². The lowest BCUT2D eigenvalue weighted by Crippen LogP contribution is -2.32. The van der Waals surface area contributed by atoms with Crippen LogP contribution >= 0.6 is 11.3 Å². The zero-order valence-electron chi connectivity index (χ0n) is 11.3. The molecule has 0 saturated carbocycles. The summed E-state index contributed by atoms with van der Waals surface area (Å²) in [5.74, 6) is 1.78. The third-order valence-electron chi connectivity index (χ3n) is 2.92. The molecule has 0 aliphatic carbocycles. The Balaban J connectivity index is 2.28. The average Bonchev–Trinajstić information content (AvgIpc) is 2.84. The largest absolute Gasteiger partial charge is 0.377 e. The molecule has 0 radical (unpaired) electrons. The van der Waals surface area contributed by atoms with Gasteiger partial charge in [-0.3, -0.25) is 0 Å². The zero-order valence-corrected chi connectivity index (χ0v) is 12.1. The Bertz CT molecular complexity index is 536. The van der Waals surface area contributed by atoms with Gasteiger partial charge in [-0.15, -0.1) is 11.3 Å². The van der Waals surface area contributed by atoms with Crippen LogP contribution in [0.15, 0.2) is 11.4 Å². The quantitative estimate of drug-likeness (QED) is 0.902. The second kappa shape index (κ2) is 5.20. The van der Waals surface area contributed by atoms with Crippen LogP contribution in [0.5, 0.6) is 0 Å². The number of ether oxygens (including phenoxy) is 1. The van der Waals surface area contributed by atoms with Crippen molar-refractivity contribution < 1.29 is 4.74 Å². The molecule has 18 heavy (non-hydrogen) atoms. The lowest BCUT2D eigenvalue weighted by Gasteiger charge is -2.23. The molecule has 2 heterocycles. The molecular formula is C13H19N3OS. The molecule has 0 bridgehead atoms. The summed E-state index contributed by atoms with van der Waals surface area (Å²) in [7, 11) is 1.72. The maximum absolute atomic E-state index is 5.41. The van der Waals surface area contributed by atoms with Crippen molar-refractivity contribution in [1.29, 1.82) is 0 Å². The Hall–Kier alpha value is -1.20. The summed E-state index contributed by atoms with van der Waals surface area (Å²) in [4.78, 5) is 10.1. The first kappa shape index (κ1) is 13.2. The van der Waals surface area contributed by atoms with Crippen molar-refractivity contribution in [3.05, 3.63) is 17.3 Å². The summed E-state index contributed by atoms with van der Waals surface area (Å²) in [5.41, 5.74) is -0.209. The third kappa shape index (κ3) is 2.79. The van der Waals surface area contributed by atoms with Gasteiger partial charge in [0.25, 0.3) is 0 Å². The van der Waals surface area contributed by atoms with Crippen LogP contribution in [0.3, 0.4) is 0 Å². The smallest absolute Gasteiger partial charge is 0.138 e. The number of aryl methyl sites for hydroxylation is 1. The molecule has 1 N–H and O–H groups in total. The van der Waals surface area contributed by atoms with Gasteiger partial charge in [-0.25, -0.2) is 9.97 Å². The van der Waals surface area contributed by atoms with E-state index in [-0.39, 0.29) is 5.60 Å². The fourth-order valence-corrected chi connectivity index (χ4v) is 2.34. The van der Waals surface area contributed by atoms with Crippen molar-refractivity contribution in [1.82, 2.24) is 9.97 Å². The summed E-state index contributed by atoms with van der Waals surface area (Å²) in [6.45, 7) is 6.88. The van der Waals surface area contributed by atoms with Crippen molar-refractivity contribution in [2.24, 2.45) is 0 Å². The molecule has 0 aromatic carbocycles. The normalized spacial score (nSPS) is 12.0. The molecule has 0 spiro atoms. The van der Waals surface area contributed by atoms with Crippen LogP contribution in [0.1, 0.15) is 26.6 Å². The fraction of sp³-hybridized carbons (Fsp3) is 0.538. The number of nitrogens with zero attached hydrogens (tertiary/aromatic N) is 2. The molecule has 4 nitrogen and oxygen atoms in total. The molecule has 2 rings (SSSR count). The number of aromatic nitrogens is 2. The first-order valence-electron chi connectivity index (χ1n) is 6.09. The van der Waals surface area contributed by atoms with Crippen LogP contribution in [-0.2, 0) is 11.2 Å². The van der Waals surface area contributed by atoms with Gasteiger partial charge in [0.15, 0.2) is 0 Å². The lowest BCUT2D eigenvalue weighted by molar-refractivity contribution is 0.0343. The lowest BCUT2D eigenvalue weighted by atomic mass is 10.1.